The Morgan fingerprint density at radius 1 is 1.29 bits per heavy atom. The molecule has 1 saturated heterocycles. The zero-order valence-electron chi connectivity index (χ0n) is 13.7. The molecule has 24 heavy (non-hydrogen) atoms. The monoisotopic (exact) mass is 355 g/mol. The van der Waals surface area contributed by atoms with E-state index < -0.39 is 11.5 Å². The third-order valence-electron chi connectivity index (χ3n) is 3.26. The average Bonchev–Trinajstić information content (AvgIpc) is 3.04. The number of nitrogens with zero attached hydrogens (tertiary/aromatic N) is 1. The highest BCUT2D eigenvalue weighted by molar-refractivity contribution is 8.00. The van der Waals surface area contributed by atoms with Crippen molar-refractivity contribution >= 4 is 23.6 Å². The van der Waals surface area contributed by atoms with Gasteiger partial charge < -0.3 is 23.8 Å². The van der Waals surface area contributed by atoms with Crippen LogP contribution in [-0.2, 0) is 19.1 Å². The Labute approximate surface area is 145 Å². The molecule has 0 N–H and O–H groups in total. The lowest BCUT2D eigenvalue weighted by molar-refractivity contribution is -0.152. The number of carbonyl (C=O) groups is 2. The van der Waals surface area contributed by atoms with Crippen LogP contribution in [0.5, 0.6) is 11.5 Å². The Bertz CT molecular complexity index is 567. The van der Waals surface area contributed by atoms with Gasteiger partial charge in [0.2, 0.25) is 5.91 Å². The van der Waals surface area contributed by atoms with Crippen molar-refractivity contribution in [2.45, 2.75) is 18.9 Å². The number of hydrogen-bond donors (Lipinski definition) is 0. The van der Waals surface area contributed by atoms with Gasteiger partial charge in [-0.25, -0.2) is 0 Å². The molecule has 2 rings (SSSR count). The molecule has 0 aromatic heterocycles. The second kappa shape index (κ2) is 9.39. The van der Waals surface area contributed by atoms with Gasteiger partial charge in [0.1, 0.15) is 6.42 Å². The number of hydrogen-bond acceptors (Lipinski definition) is 7. The van der Waals surface area contributed by atoms with Crippen LogP contribution in [0.2, 0.25) is 0 Å². The summed E-state index contributed by atoms with van der Waals surface area (Å²) in [6.07, 6.45) is -0.276. The molecular formula is C16H21NO6S. The van der Waals surface area contributed by atoms with E-state index in [1.165, 1.54) is 16.7 Å². The molecule has 132 valence electrons. The number of methoxy groups -OCH3 is 1. The van der Waals surface area contributed by atoms with Crippen LogP contribution in [0.1, 0.15) is 13.3 Å². The fourth-order valence-corrected chi connectivity index (χ4v) is 3.22. The highest BCUT2D eigenvalue weighted by Gasteiger charge is 2.31. The van der Waals surface area contributed by atoms with E-state index in [4.69, 9.17) is 18.9 Å². The topological polar surface area (TPSA) is 74.3 Å². The summed E-state index contributed by atoms with van der Waals surface area (Å²) < 4.78 is 21.2. The molecule has 0 spiro atoms. The molecule has 0 unspecified atom stereocenters. The van der Waals surface area contributed by atoms with Gasteiger partial charge in [0, 0.05) is 12.3 Å². The Morgan fingerprint density at radius 3 is 2.75 bits per heavy atom. The number of para-hydroxylation sites is 2. The summed E-state index contributed by atoms with van der Waals surface area (Å²) in [5.74, 6) is 1.08. The Balaban J connectivity index is 1.83. The van der Waals surface area contributed by atoms with E-state index in [9.17, 15) is 9.59 Å². The van der Waals surface area contributed by atoms with Gasteiger partial charge in [-0.3, -0.25) is 9.59 Å². The zero-order chi connectivity index (χ0) is 17.4. The maximum Gasteiger partial charge on any atom is 0.315 e. The SMILES string of the molecule is CCOC(=O)CC(=O)N1CCS[C@@H]1OCOc1ccccc1OC. The normalized spacial score (nSPS) is 16.8. The van der Waals surface area contributed by atoms with Crippen LogP contribution in [0.3, 0.4) is 0 Å². The van der Waals surface area contributed by atoms with Crippen LogP contribution >= 0.6 is 11.8 Å². The number of thioether (sulfide) groups is 1. The third kappa shape index (κ3) is 5.04. The molecule has 1 aliphatic heterocycles. The number of amides is 1. The number of rotatable bonds is 8. The minimum atomic E-state index is -0.525. The quantitative estimate of drug-likeness (QED) is 0.400. The standard InChI is InChI=1S/C16H21NO6S/c1-3-21-15(19)10-14(18)17-8-9-24-16(17)23-11-22-13-7-5-4-6-12(13)20-2/h4-7,16H,3,8-11H2,1-2H3/t16-/m0/s1. The Kier molecular flexibility index (Phi) is 7.20. The molecule has 0 bridgehead atoms. The van der Waals surface area contributed by atoms with E-state index in [0.29, 0.717) is 18.0 Å². The summed E-state index contributed by atoms with van der Waals surface area (Å²) in [6.45, 7) is 2.46. The van der Waals surface area contributed by atoms with E-state index in [1.807, 2.05) is 12.1 Å². The predicted octanol–water partition coefficient (Wildman–Crippen LogP) is 1.86. The highest BCUT2D eigenvalue weighted by atomic mass is 32.2. The molecule has 1 amide bonds. The summed E-state index contributed by atoms with van der Waals surface area (Å²) >= 11 is 1.48. The van der Waals surface area contributed by atoms with Crippen molar-refractivity contribution in [3.8, 4) is 11.5 Å². The van der Waals surface area contributed by atoms with Crippen LogP contribution in [0, 0.1) is 0 Å². The zero-order valence-corrected chi connectivity index (χ0v) is 14.5. The highest BCUT2D eigenvalue weighted by Crippen LogP contribution is 2.28. The van der Waals surface area contributed by atoms with E-state index in [-0.39, 0.29) is 25.7 Å². The first-order valence-corrected chi connectivity index (χ1v) is 8.64. The number of benzene rings is 1. The Hall–Kier alpha value is -1.93. The van der Waals surface area contributed by atoms with E-state index in [2.05, 4.69) is 0 Å². The lowest BCUT2D eigenvalue weighted by Gasteiger charge is -2.23. The van der Waals surface area contributed by atoms with Gasteiger partial charge in [0.05, 0.1) is 13.7 Å². The van der Waals surface area contributed by atoms with Crippen LogP contribution < -0.4 is 9.47 Å². The lowest BCUT2D eigenvalue weighted by Crippen LogP contribution is -2.38. The summed E-state index contributed by atoms with van der Waals surface area (Å²) in [5.41, 5.74) is -0.471. The molecule has 0 saturated carbocycles. The van der Waals surface area contributed by atoms with Gasteiger partial charge >= 0.3 is 5.97 Å². The summed E-state index contributed by atoms with van der Waals surface area (Å²) in [5, 5.41) is 0. The molecular weight excluding hydrogens is 334 g/mol. The molecule has 1 aromatic carbocycles. The maximum absolute atomic E-state index is 12.1. The molecule has 8 heteroatoms. The molecule has 1 aromatic rings. The first kappa shape index (κ1) is 18.4. The molecule has 1 heterocycles. The molecule has 1 atom stereocenters. The molecule has 0 radical (unpaired) electrons. The molecule has 1 aliphatic rings. The molecule has 1 fully saturated rings. The van der Waals surface area contributed by atoms with Gasteiger partial charge in [-0.1, -0.05) is 12.1 Å². The first-order valence-electron chi connectivity index (χ1n) is 7.59. The van der Waals surface area contributed by atoms with Crippen LogP contribution in [0.15, 0.2) is 24.3 Å². The lowest BCUT2D eigenvalue weighted by atomic mass is 10.3. The summed E-state index contributed by atoms with van der Waals surface area (Å²) in [4.78, 5) is 25.1. The van der Waals surface area contributed by atoms with Crippen molar-refractivity contribution in [1.29, 1.82) is 0 Å². The fourth-order valence-electron chi connectivity index (χ4n) is 2.16. The van der Waals surface area contributed by atoms with Gasteiger partial charge in [0.25, 0.3) is 0 Å². The fraction of sp³-hybridized carbons (Fsp3) is 0.500. The number of esters is 1. The van der Waals surface area contributed by atoms with Crippen molar-refractivity contribution < 1.29 is 28.5 Å². The van der Waals surface area contributed by atoms with E-state index >= 15 is 0 Å². The predicted molar refractivity (Wildman–Crippen MR) is 88.8 cm³/mol. The van der Waals surface area contributed by atoms with E-state index in [0.717, 1.165) is 5.75 Å². The second-order valence-electron chi connectivity index (χ2n) is 4.83. The van der Waals surface area contributed by atoms with Crippen molar-refractivity contribution in [2.24, 2.45) is 0 Å². The largest absolute Gasteiger partial charge is 0.493 e. The minimum Gasteiger partial charge on any atom is -0.493 e. The number of carbonyl (C=O) groups excluding carboxylic acids is 2. The van der Waals surface area contributed by atoms with Gasteiger partial charge in [0.15, 0.2) is 23.9 Å². The maximum atomic E-state index is 12.1. The smallest absolute Gasteiger partial charge is 0.315 e. The van der Waals surface area contributed by atoms with Crippen LogP contribution in [0.25, 0.3) is 0 Å². The van der Waals surface area contributed by atoms with Crippen LogP contribution in [0.4, 0.5) is 0 Å². The first-order chi connectivity index (χ1) is 11.7. The van der Waals surface area contributed by atoms with Crippen molar-refractivity contribution in [3.05, 3.63) is 24.3 Å². The van der Waals surface area contributed by atoms with Crippen molar-refractivity contribution in [1.82, 2.24) is 4.90 Å². The van der Waals surface area contributed by atoms with Gasteiger partial charge in [-0.15, -0.1) is 11.8 Å². The van der Waals surface area contributed by atoms with E-state index in [1.54, 1.807) is 26.2 Å². The third-order valence-corrected chi connectivity index (χ3v) is 4.36. The molecule has 0 aliphatic carbocycles. The van der Waals surface area contributed by atoms with Crippen LogP contribution in [-0.4, -0.2) is 55.1 Å². The number of ether oxygens (including phenoxy) is 4. The molecule has 7 nitrogen and oxygen atoms in total. The van der Waals surface area contributed by atoms with Crippen molar-refractivity contribution in [2.75, 3.05) is 32.8 Å². The summed E-state index contributed by atoms with van der Waals surface area (Å²) in [6, 6.07) is 7.23. The summed E-state index contributed by atoms with van der Waals surface area (Å²) in [7, 11) is 1.56. The Morgan fingerprint density at radius 2 is 2.04 bits per heavy atom. The van der Waals surface area contributed by atoms with Gasteiger partial charge in [-0.2, -0.15) is 0 Å². The van der Waals surface area contributed by atoms with Crippen molar-refractivity contribution in [3.63, 3.8) is 0 Å². The minimum absolute atomic E-state index is 0.0266. The van der Waals surface area contributed by atoms with Gasteiger partial charge in [-0.05, 0) is 19.1 Å². The second-order valence-corrected chi connectivity index (χ2v) is 5.97. The average molecular weight is 355 g/mol.